The fourth-order valence-electron chi connectivity index (χ4n) is 8.50. The summed E-state index contributed by atoms with van der Waals surface area (Å²) in [5.74, 6) is 6.27. The van der Waals surface area contributed by atoms with E-state index in [2.05, 4.69) is 46.8 Å². The third kappa shape index (κ3) is 7.34. The summed E-state index contributed by atoms with van der Waals surface area (Å²) in [5.41, 5.74) is 0.574. The largest absolute Gasteiger partial charge is 0.396 e. The first-order valence-corrected chi connectivity index (χ1v) is 15.2. The average Bonchev–Trinajstić information content (AvgIpc) is 3.14. The van der Waals surface area contributed by atoms with Crippen LogP contribution in [0.4, 0.5) is 0 Å². The molecule has 2 fully saturated rings. The Labute approximate surface area is 212 Å². The maximum absolute atomic E-state index is 9.04. The molecule has 2 saturated carbocycles. The van der Waals surface area contributed by atoms with Crippen molar-refractivity contribution in [2.75, 3.05) is 13.2 Å². The van der Waals surface area contributed by atoms with Crippen LogP contribution in [0.3, 0.4) is 0 Å². The number of rotatable bonds is 10. The van der Waals surface area contributed by atoms with Gasteiger partial charge in [0.2, 0.25) is 0 Å². The SMILES string of the molecule is CC(C)CCC[C@@H](C)[C@H]1CC[C@H]2[C@@H]3C/C=C/C[C@@H](OCCCCO)CCC[C@@H](C)[C@H]3CC[C@]12C. The molecule has 3 aliphatic carbocycles. The van der Waals surface area contributed by atoms with Crippen molar-refractivity contribution in [3.8, 4) is 0 Å². The number of hydrogen-bond acceptors (Lipinski definition) is 2. The summed E-state index contributed by atoms with van der Waals surface area (Å²) in [6.45, 7) is 13.7. The molecule has 2 nitrogen and oxygen atoms in total. The maximum Gasteiger partial charge on any atom is 0.0609 e. The zero-order valence-corrected chi connectivity index (χ0v) is 23.4. The second-order valence-corrected chi connectivity index (χ2v) is 13.2. The minimum absolute atomic E-state index is 0.284. The second-order valence-electron chi connectivity index (χ2n) is 13.2. The first kappa shape index (κ1) is 28.2. The summed E-state index contributed by atoms with van der Waals surface area (Å²) in [7, 11) is 0. The molecule has 0 heterocycles. The van der Waals surface area contributed by atoms with Crippen LogP contribution in [-0.4, -0.2) is 24.4 Å². The molecule has 0 bridgehead atoms. The van der Waals surface area contributed by atoms with Gasteiger partial charge in [-0.15, -0.1) is 0 Å². The molecule has 198 valence electrons. The summed E-state index contributed by atoms with van der Waals surface area (Å²) in [4.78, 5) is 0. The summed E-state index contributed by atoms with van der Waals surface area (Å²) in [6, 6.07) is 0. The van der Waals surface area contributed by atoms with E-state index in [4.69, 9.17) is 9.84 Å². The smallest absolute Gasteiger partial charge is 0.0609 e. The number of ether oxygens (including phenoxy) is 1. The third-order valence-corrected chi connectivity index (χ3v) is 10.5. The van der Waals surface area contributed by atoms with Crippen molar-refractivity contribution in [2.24, 2.45) is 46.8 Å². The van der Waals surface area contributed by atoms with E-state index >= 15 is 0 Å². The predicted molar refractivity (Wildman–Crippen MR) is 146 cm³/mol. The number of allylic oxidation sites excluding steroid dienone is 1. The van der Waals surface area contributed by atoms with E-state index in [9.17, 15) is 0 Å². The van der Waals surface area contributed by atoms with E-state index in [1.54, 1.807) is 0 Å². The summed E-state index contributed by atoms with van der Waals surface area (Å²) in [5, 5.41) is 9.04. The highest BCUT2D eigenvalue weighted by Crippen LogP contribution is 2.63. The van der Waals surface area contributed by atoms with Crippen molar-refractivity contribution in [2.45, 2.75) is 131 Å². The quantitative estimate of drug-likeness (QED) is 0.253. The van der Waals surface area contributed by atoms with Gasteiger partial charge in [0.15, 0.2) is 0 Å². The van der Waals surface area contributed by atoms with Crippen LogP contribution in [0.15, 0.2) is 12.2 Å². The minimum Gasteiger partial charge on any atom is -0.396 e. The number of unbranched alkanes of at least 4 members (excludes halogenated alkanes) is 1. The van der Waals surface area contributed by atoms with Crippen LogP contribution in [0, 0.1) is 46.8 Å². The fraction of sp³-hybridized carbons (Fsp3) is 0.938. The zero-order chi connectivity index (χ0) is 24.6. The third-order valence-electron chi connectivity index (χ3n) is 10.5. The Hall–Kier alpha value is -0.340. The lowest BCUT2D eigenvalue weighted by Crippen LogP contribution is -2.44. The lowest BCUT2D eigenvalue weighted by Gasteiger charge is -2.51. The zero-order valence-electron chi connectivity index (χ0n) is 23.4. The number of hydrogen-bond donors (Lipinski definition) is 1. The molecule has 0 radical (unpaired) electrons. The number of aliphatic hydroxyl groups is 1. The average molecular weight is 475 g/mol. The second kappa shape index (κ2) is 13.8. The van der Waals surface area contributed by atoms with Gasteiger partial charge in [-0.2, -0.15) is 0 Å². The lowest BCUT2D eigenvalue weighted by molar-refractivity contribution is -0.0212. The molecular weight excluding hydrogens is 416 g/mol. The van der Waals surface area contributed by atoms with Gasteiger partial charge in [-0.05, 0) is 105 Å². The Morgan fingerprint density at radius 3 is 2.47 bits per heavy atom. The molecule has 2 heteroatoms. The van der Waals surface area contributed by atoms with Crippen molar-refractivity contribution < 1.29 is 9.84 Å². The molecular formula is C32H58O2. The molecule has 34 heavy (non-hydrogen) atoms. The molecule has 3 rings (SSSR count). The normalized spacial score (nSPS) is 38.7. The molecule has 8 atom stereocenters. The van der Waals surface area contributed by atoms with Crippen molar-refractivity contribution in [1.29, 1.82) is 0 Å². The first-order chi connectivity index (χ1) is 16.4. The fourth-order valence-corrected chi connectivity index (χ4v) is 8.50. The van der Waals surface area contributed by atoms with Crippen LogP contribution >= 0.6 is 0 Å². The first-order valence-electron chi connectivity index (χ1n) is 15.2. The molecule has 0 aromatic heterocycles. The molecule has 0 saturated heterocycles. The molecule has 1 N–H and O–H groups in total. The Morgan fingerprint density at radius 1 is 0.912 bits per heavy atom. The number of fused-ring (bicyclic) bond motifs is 3. The van der Waals surface area contributed by atoms with E-state index in [1.807, 2.05) is 0 Å². The van der Waals surface area contributed by atoms with Crippen molar-refractivity contribution in [3.63, 3.8) is 0 Å². The Morgan fingerprint density at radius 2 is 1.71 bits per heavy atom. The molecule has 3 aliphatic rings. The number of aliphatic hydroxyl groups excluding tert-OH is 1. The Bertz CT molecular complexity index is 598. The van der Waals surface area contributed by atoms with Gasteiger partial charge < -0.3 is 9.84 Å². The van der Waals surface area contributed by atoms with Gasteiger partial charge in [0, 0.05) is 13.2 Å². The van der Waals surface area contributed by atoms with Crippen LogP contribution in [-0.2, 0) is 4.74 Å². The summed E-state index contributed by atoms with van der Waals surface area (Å²) in [6.07, 6.45) is 23.6. The summed E-state index contributed by atoms with van der Waals surface area (Å²) >= 11 is 0. The van der Waals surface area contributed by atoms with E-state index in [1.165, 1.54) is 70.6 Å². The highest BCUT2D eigenvalue weighted by Gasteiger charge is 2.54. The Balaban J connectivity index is 1.64. The van der Waals surface area contributed by atoms with Crippen LogP contribution in [0.25, 0.3) is 0 Å². The van der Waals surface area contributed by atoms with E-state index in [0.29, 0.717) is 11.5 Å². The lowest BCUT2D eigenvalue weighted by atomic mass is 9.54. The molecule has 0 aliphatic heterocycles. The van der Waals surface area contributed by atoms with Crippen LogP contribution in [0.2, 0.25) is 0 Å². The molecule has 0 aromatic rings. The van der Waals surface area contributed by atoms with E-state index in [0.717, 1.165) is 67.3 Å². The van der Waals surface area contributed by atoms with Gasteiger partial charge >= 0.3 is 0 Å². The van der Waals surface area contributed by atoms with Gasteiger partial charge in [0.25, 0.3) is 0 Å². The van der Waals surface area contributed by atoms with Crippen molar-refractivity contribution >= 4 is 0 Å². The standard InChI is InChI=1S/C32H58O2/c1-24(2)12-10-14-26(4)30-18-19-31-29-17-7-6-15-27(34-23-9-8-22-33)16-11-13-25(3)28(29)20-21-32(30,31)5/h6-7,24-31,33H,8-23H2,1-5H3/b7-6+/t25-,26-,27-,28-,29-,30-,31+,32-/m1/s1. The molecule has 0 unspecified atom stereocenters. The van der Waals surface area contributed by atoms with Crippen LogP contribution in [0.1, 0.15) is 125 Å². The maximum atomic E-state index is 9.04. The van der Waals surface area contributed by atoms with Gasteiger partial charge in [0.05, 0.1) is 6.10 Å². The topological polar surface area (TPSA) is 29.5 Å². The monoisotopic (exact) mass is 474 g/mol. The van der Waals surface area contributed by atoms with Crippen molar-refractivity contribution in [1.82, 2.24) is 0 Å². The van der Waals surface area contributed by atoms with Crippen molar-refractivity contribution in [3.05, 3.63) is 12.2 Å². The highest BCUT2D eigenvalue weighted by atomic mass is 16.5. The van der Waals surface area contributed by atoms with Gasteiger partial charge in [-0.1, -0.05) is 78.9 Å². The van der Waals surface area contributed by atoms with E-state index < -0.39 is 0 Å². The molecule has 0 aromatic carbocycles. The van der Waals surface area contributed by atoms with E-state index in [-0.39, 0.29) is 6.61 Å². The molecule has 0 spiro atoms. The summed E-state index contributed by atoms with van der Waals surface area (Å²) < 4.78 is 6.22. The van der Waals surface area contributed by atoms with Gasteiger partial charge in [-0.25, -0.2) is 0 Å². The molecule has 0 amide bonds. The van der Waals surface area contributed by atoms with Crippen LogP contribution < -0.4 is 0 Å². The minimum atomic E-state index is 0.284. The van der Waals surface area contributed by atoms with Gasteiger partial charge in [-0.3, -0.25) is 0 Å². The predicted octanol–water partition coefficient (Wildman–Crippen LogP) is 8.82. The van der Waals surface area contributed by atoms with Crippen LogP contribution in [0.5, 0.6) is 0 Å². The Kier molecular flexibility index (Phi) is 11.5. The van der Waals surface area contributed by atoms with Gasteiger partial charge in [0.1, 0.15) is 0 Å². The highest BCUT2D eigenvalue weighted by molar-refractivity contribution is 5.06.